The van der Waals surface area contributed by atoms with Crippen LogP contribution in [0.15, 0.2) is 33.7 Å². The monoisotopic (exact) mass is 426 g/mol. The summed E-state index contributed by atoms with van der Waals surface area (Å²) in [7, 11) is 0. The average molecular weight is 426 g/mol. The summed E-state index contributed by atoms with van der Waals surface area (Å²) in [5.41, 5.74) is 2.40. The Labute approximate surface area is 177 Å². The first-order valence-electron chi connectivity index (χ1n) is 10.4. The van der Waals surface area contributed by atoms with Crippen LogP contribution in [-0.2, 0) is 18.0 Å². The van der Waals surface area contributed by atoms with Crippen LogP contribution in [0.3, 0.4) is 0 Å². The molecule has 0 unspecified atom stereocenters. The number of nitrogens with zero attached hydrogens (tertiary/aromatic N) is 6. The predicted molar refractivity (Wildman–Crippen MR) is 109 cm³/mol. The lowest BCUT2D eigenvalue weighted by Gasteiger charge is -2.52. The summed E-state index contributed by atoms with van der Waals surface area (Å²) >= 11 is 0. The summed E-state index contributed by atoms with van der Waals surface area (Å²) < 4.78 is 25.8. The van der Waals surface area contributed by atoms with Gasteiger partial charge in [0.05, 0.1) is 24.1 Å². The van der Waals surface area contributed by atoms with Crippen LogP contribution < -0.4 is 10.5 Å². The van der Waals surface area contributed by atoms with Gasteiger partial charge in [-0.3, -0.25) is 4.79 Å². The third kappa shape index (κ3) is 3.71. The summed E-state index contributed by atoms with van der Waals surface area (Å²) in [5.74, 6) is 0.0503. The molecule has 3 aromatic heterocycles. The van der Waals surface area contributed by atoms with E-state index < -0.39 is 6.67 Å². The van der Waals surface area contributed by atoms with Crippen molar-refractivity contribution >= 4 is 5.69 Å². The largest absolute Gasteiger partial charge is 0.371 e. The van der Waals surface area contributed by atoms with Crippen molar-refractivity contribution in [2.24, 2.45) is 0 Å². The van der Waals surface area contributed by atoms with Gasteiger partial charge < -0.3 is 14.2 Å². The molecule has 2 aliphatic heterocycles. The minimum Gasteiger partial charge on any atom is -0.371 e. The summed E-state index contributed by atoms with van der Waals surface area (Å²) in [6.45, 7) is 3.35. The second-order valence-corrected chi connectivity index (χ2v) is 8.18. The van der Waals surface area contributed by atoms with E-state index in [1.54, 1.807) is 24.4 Å². The standard InChI is InChI=1S/C21H23FN6O3/c1-14-4-5-17(25-24-14)20-16(18(9-22)31-26-20)11-28-19(29)8-15(10-23-28)27-12-21(13-27)6-2-3-7-30-21/h4-5,8,10H,2-3,6-7,9,11-13H2,1H3. The van der Waals surface area contributed by atoms with Crippen LogP contribution in [0.5, 0.6) is 0 Å². The van der Waals surface area contributed by atoms with Gasteiger partial charge in [0, 0.05) is 31.3 Å². The Morgan fingerprint density at radius 3 is 2.77 bits per heavy atom. The quantitative estimate of drug-likeness (QED) is 0.613. The van der Waals surface area contributed by atoms with Crippen LogP contribution in [0.4, 0.5) is 10.1 Å². The number of hydrogen-bond donors (Lipinski definition) is 0. The molecule has 0 amide bonds. The third-order valence-electron chi connectivity index (χ3n) is 5.95. The Morgan fingerprint density at radius 2 is 2.10 bits per heavy atom. The molecule has 10 heteroatoms. The molecule has 0 N–H and O–H groups in total. The molecule has 0 saturated carbocycles. The molecule has 1 spiro atoms. The van der Waals surface area contributed by atoms with Crippen LogP contribution in [0, 0.1) is 6.92 Å². The Morgan fingerprint density at radius 1 is 1.23 bits per heavy atom. The van der Waals surface area contributed by atoms with Crippen molar-refractivity contribution in [1.29, 1.82) is 0 Å². The molecule has 162 valence electrons. The topological polar surface area (TPSA) is 99.2 Å². The van der Waals surface area contributed by atoms with Gasteiger partial charge in [-0.1, -0.05) is 5.16 Å². The van der Waals surface area contributed by atoms with Gasteiger partial charge in [0.2, 0.25) is 0 Å². The number of aryl methyl sites for hydroxylation is 1. The third-order valence-corrected chi connectivity index (χ3v) is 5.95. The van der Waals surface area contributed by atoms with Gasteiger partial charge in [0.1, 0.15) is 17.0 Å². The summed E-state index contributed by atoms with van der Waals surface area (Å²) in [4.78, 5) is 14.8. The first kappa shape index (κ1) is 19.8. The molecular weight excluding hydrogens is 403 g/mol. The molecule has 5 rings (SSSR count). The summed E-state index contributed by atoms with van der Waals surface area (Å²) in [6, 6.07) is 5.07. The van der Waals surface area contributed by atoms with Crippen molar-refractivity contribution < 1.29 is 13.7 Å². The van der Waals surface area contributed by atoms with Gasteiger partial charge in [0.15, 0.2) is 12.4 Å². The predicted octanol–water partition coefficient (Wildman–Crippen LogP) is 2.27. The molecular formula is C21H23FN6O3. The van der Waals surface area contributed by atoms with Crippen LogP contribution >= 0.6 is 0 Å². The molecule has 0 atom stereocenters. The minimum absolute atomic E-state index is 0.0276. The average Bonchev–Trinajstić information content (AvgIpc) is 3.17. The normalized spacial score (nSPS) is 17.7. The van der Waals surface area contributed by atoms with Gasteiger partial charge >= 0.3 is 0 Å². The number of halogens is 1. The first-order chi connectivity index (χ1) is 15.1. The summed E-state index contributed by atoms with van der Waals surface area (Å²) in [5, 5.41) is 16.4. The first-order valence-corrected chi connectivity index (χ1v) is 10.4. The number of anilines is 1. The van der Waals surface area contributed by atoms with Crippen molar-refractivity contribution in [2.75, 3.05) is 24.6 Å². The van der Waals surface area contributed by atoms with Crippen LogP contribution in [0.1, 0.15) is 36.3 Å². The fourth-order valence-electron chi connectivity index (χ4n) is 4.19. The Bertz CT molecular complexity index is 1130. The number of hydrogen-bond acceptors (Lipinski definition) is 8. The second-order valence-electron chi connectivity index (χ2n) is 8.18. The SMILES string of the molecule is Cc1ccc(-c2noc(CF)c2Cn2ncc(N3CC4(CCCCO4)C3)cc2=O)nn1. The van der Waals surface area contributed by atoms with E-state index in [4.69, 9.17) is 9.26 Å². The Kier molecular flexibility index (Phi) is 5.01. The lowest BCUT2D eigenvalue weighted by molar-refractivity contribution is -0.0949. The van der Waals surface area contributed by atoms with Crippen LogP contribution in [-0.4, -0.2) is 50.4 Å². The van der Waals surface area contributed by atoms with Crippen molar-refractivity contribution in [2.45, 2.75) is 45.0 Å². The zero-order valence-electron chi connectivity index (χ0n) is 17.3. The fourth-order valence-corrected chi connectivity index (χ4v) is 4.19. The molecule has 31 heavy (non-hydrogen) atoms. The van der Waals surface area contributed by atoms with E-state index in [-0.39, 0.29) is 23.5 Å². The number of ether oxygens (including phenoxy) is 1. The van der Waals surface area contributed by atoms with Crippen molar-refractivity contribution in [3.63, 3.8) is 0 Å². The Hall–Kier alpha value is -3.14. The Balaban J connectivity index is 1.37. The lowest BCUT2D eigenvalue weighted by atomic mass is 9.86. The number of alkyl halides is 1. The molecule has 0 aromatic carbocycles. The van der Waals surface area contributed by atoms with Crippen molar-refractivity contribution in [1.82, 2.24) is 25.1 Å². The zero-order valence-corrected chi connectivity index (χ0v) is 17.3. The highest BCUT2D eigenvalue weighted by Gasteiger charge is 2.45. The highest BCUT2D eigenvalue weighted by molar-refractivity contribution is 5.58. The van der Waals surface area contributed by atoms with Gasteiger partial charge in [-0.05, 0) is 38.3 Å². The number of aromatic nitrogens is 5. The zero-order chi connectivity index (χ0) is 21.4. The second kappa shape index (κ2) is 7.84. The van der Waals surface area contributed by atoms with E-state index >= 15 is 0 Å². The molecule has 2 saturated heterocycles. The summed E-state index contributed by atoms with van der Waals surface area (Å²) in [6.07, 6.45) is 5.00. The molecule has 2 fully saturated rings. The maximum absolute atomic E-state index is 13.5. The van der Waals surface area contributed by atoms with E-state index in [1.807, 2.05) is 6.92 Å². The molecule has 3 aromatic rings. The van der Waals surface area contributed by atoms with E-state index in [9.17, 15) is 9.18 Å². The molecule has 5 heterocycles. The van der Waals surface area contributed by atoms with Gasteiger partial charge in [0.25, 0.3) is 5.56 Å². The molecule has 9 nitrogen and oxygen atoms in total. The fraction of sp³-hybridized carbons (Fsp3) is 0.476. The maximum Gasteiger partial charge on any atom is 0.269 e. The number of rotatable bonds is 5. The van der Waals surface area contributed by atoms with Gasteiger partial charge in [-0.25, -0.2) is 9.07 Å². The highest BCUT2D eigenvalue weighted by atomic mass is 19.1. The van der Waals surface area contributed by atoms with Crippen LogP contribution in [0.2, 0.25) is 0 Å². The van der Waals surface area contributed by atoms with Crippen molar-refractivity contribution in [3.8, 4) is 11.4 Å². The highest BCUT2D eigenvalue weighted by Crippen LogP contribution is 2.36. The molecule has 0 bridgehead atoms. The van der Waals surface area contributed by atoms with E-state index in [0.29, 0.717) is 17.0 Å². The smallest absolute Gasteiger partial charge is 0.269 e. The van der Waals surface area contributed by atoms with Crippen LogP contribution in [0.25, 0.3) is 11.4 Å². The van der Waals surface area contributed by atoms with E-state index in [0.717, 1.165) is 43.9 Å². The molecule has 2 aliphatic rings. The van der Waals surface area contributed by atoms with Gasteiger partial charge in [-0.2, -0.15) is 10.2 Å². The van der Waals surface area contributed by atoms with Gasteiger partial charge in [-0.15, -0.1) is 5.10 Å². The lowest BCUT2D eigenvalue weighted by Crippen LogP contribution is -2.64. The van der Waals surface area contributed by atoms with E-state index in [1.165, 1.54) is 11.1 Å². The molecule has 0 radical (unpaired) electrons. The maximum atomic E-state index is 13.5. The van der Waals surface area contributed by atoms with Crippen molar-refractivity contribution in [3.05, 3.63) is 51.8 Å². The molecule has 0 aliphatic carbocycles. The van der Waals surface area contributed by atoms with E-state index in [2.05, 4.69) is 25.4 Å². The minimum atomic E-state index is -0.843.